The van der Waals surface area contributed by atoms with Crippen LogP contribution < -0.4 is 10.0 Å². The van der Waals surface area contributed by atoms with Crippen LogP contribution in [0.3, 0.4) is 0 Å². The van der Waals surface area contributed by atoms with Gasteiger partial charge in [-0.05, 0) is 24.7 Å². The van der Waals surface area contributed by atoms with Crippen LogP contribution in [0.1, 0.15) is 5.56 Å². The van der Waals surface area contributed by atoms with Gasteiger partial charge in [0.2, 0.25) is 0 Å². The second-order valence-corrected chi connectivity index (χ2v) is 7.21. The van der Waals surface area contributed by atoms with Crippen LogP contribution in [0.15, 0.2) is 28.6 Å². The SMILES string of the molecule is CNCc1cc(S(=O)(=O)Nc2nccs2)c(Cl)cc1Cl. The zero-order valence-corrected chi connectivity index (χ0v) is 13.5. The topological polar surface area (TPSA) is 71.1 Å². The van der Waals surface area contributed by atoms with Crippen molar-refractivity contribution in [3.8, 4) is 0 Å². The van der Waals surface area contributed by atoms with Crippen molar-refractivity contribution in [2.45, 2.75) is 11.4 Å². The molecule has 0 aliphatic carbocycles. The third-order valence-corrected chi connectivity index (χ3v) is 5.38. The average Bonchev–Trinajstić information content (AvgIpc) is 2.84. The summed E-state index contributed by atoms with van der Waals surface area (Å²) in [5.74, 6) is 0. The van der Waals surface area contributed by atoms with Crippen molar-refractivity contribution in [3.05, 3.63) is 39.3 Å². The highest BCUT2D eigenvalue weighted by molar-refractivity contribution is 7.93. The molecule has 0 unspecified atom stereocenters. The highest BCUT2D eigenvalue weighted by Gasteiger charge is 2.21. The minimum atomic E-state index is -3.79. The van der Waals surface area contributed by atoms with Crippen molar-refractivity contribution in [2.24, 2.45) is 0 Å². The van der Waals surface area contributed by atoms with Crippen LogP contribution in [-0.2, 0) is 16.6 Å². The summed E-state index contributed by atoms with van der Waals surface area (Å²) in [6.45, 7) is 0.440. The summed E-state index contributed by atoms with van der Waals surface area (Å²) in [7, 11) is -2.05. The normalized spacial score (nSPS) is 11.6. The van der Waals surface area contributed by atoms with E-state index in [2.05, 4.69) is 15.0 Å². The van der Waals surface area contributed by atoms with Crippen LogP contribution in [-0.4, -0.2) is 20.4 Å². The van der Waals surface area contributed by atoms with E-state index in [4.69, 9.17) is 23.2 Å². The van der Waals surface area contributed by atoms with Gasteiger partial charge in [-0.3, -0.25) is 4.72 Å². The monoisotopic (exact) mass is 351 g/mol. The summed E-state index contributed by atoms with van der Waals surface area (Å²) in [4.78, 5) is 3.86. The smallest absolute Gasteiger partial charge is 0.265 e. The molecule has 9 heteroatoms. The molecule has 0 aliphatic heterocycles. The minimum Gasteiger partial charge on any atom is -0.316 e. The maximum absolute atomic E-state index is 12.3. The highest BCUT2D eigenvalue weighted by Crippen LogP contribution is 2.30. The largest absolute Gasteiger partial charge is 0.316 e. The van der Waals surface area contributed by atoms with E-state index < -0.39 is 10.0 Å². The first-order valence-corrected chi connectivity index (χ1v) is 8.61. The van der Waals surface area contributed by atoms with E-state index in [0.29, 0.717) is 17.1 Å². The van der Waals surface area contributed by atoms with E-state index in [9.17, 15) is 8.42 Å². The lowest BCUT2D eigenvalue weighted by Gasteiger charge is -2.11. The lowest BCUT2D eigenvalue weighted by Crippen LogP contribution is -2.14. The van der Waals surface area contributed by atoms with E-state index in [1.165, 1.54) is 29.7 Å². The Kier molecular flexibility index (Phi) is 4.87. The predicted molar refractivity (Wildman–Crippen MR) is 82.1 cm³/mol. The molecule has 1 aromatic heterocycles. The Morgan fingerprint density at radius 3 is 2.65 bits per heavy atom. The third kappa shape index (κ3) is 3.42. The van der Waals surface area contributed by atoms with Crippen LogP contribution >= 0.6 is 34.5 Å². The summed E-state index contributed by atoms with van der Waals surface area (Å²) in [5.41, 5.74) is 0.651. The van der Waals surface area contributed by atoms with Crippen molar-refractivity contribution < 1.29 is 8.42 Å². The number of halogens is 2. The van der Waals surface area contributed by atoms with Crippen molar-refractivity contribution in [2.75, 3.05) is 11.8 Å². The first kappa shape index (κ1) is 15.5. The quantitative estimate of drug-likeness (QED) is 0.868. The molecule has 2 aromatic rings. The van der Waals surface area contributed by atoms with Crippen LogP contribution in [0.5, 0.6) is 0 Å². The maximum atomic E-state index is 12.3. The first-order valence-electron chi connectivity index (χ1n) is 5.49. The van der Waals surface area contributed by atoms with Gasteiger partial charge < -0.3 is 5.32 Å². The van der Waals surface area contributed by atoms with Gasteiger partial charge in [0.15, 0.2) is 5.13 Å². The molecule has 1 aromatic carbocycles. The van der Waals surface area contributed by atoms with E-state index in [-0.39, 0.29) is 15.0 Å². The second-order valence-electron chi connectivity index (χ2n) is 3.85. The Hall–Kier alpha value is -0.860. The molecule has 20 heavy (non-hydrogen) atoms. The van der Waals surface area contributed by atoms with Crippen LogP contribution in [0, 0.1) is 0 Å². The second kappa shape index (κ2) is 6.28. The number of hydrogen-bond donors (Lipinski definition) is 2. The summed E-state index contributed by atoms with van der Waals surface area (Å²) in [6, 6.07) is 2.88. The lowest BCUT2D eigenvalue weighted by molar-refractivity contribution is 0.601. The molecule has 0 spiro atoms. The lowest BCUT2D eigenvalue weighted by atomic mass is 10.2. The molecule has 0 saturated heterocycles. The van der Waals surface area contributed by atoms with Gasteiger partial charge in [0, 0.05) is 23.1 Å². The molecular weight excluding hydrogens is 341 g/mol. The van der Waals surface area contributed by atoms with Gasteiger partial charge >= 0.3 is 0 Å². The molecular formula is C11H11Cl2N3O2S2. The number of sulfonamides is 1. The van der Waals surface area contributed by atoms with Gasteiger partial charge in [-0.25, -0.2) is 13.4 Å². The summed E-state index contributed by atoms with van der Waals surface area (Å²) >= 11 is 13.2. The Morgan fingerprint density at radius 1 is 1.30 bits per heavy atom. The van der Waals surface area contributed by atoms with E-state index in [1.807, 2.05) is 0 Å². The van der Waals surface area contributed by atoms with E-state index >= 15 is 0 Å². The Morgan fingerprint density at radius 2 is 2.05 bits per heavy atom. The Labute approximate surface area is 131 Å². The third-order valence-electron chi connectivity index (χ3n) is 2.41. The Balaban J connectivity index is 2.43. The minimum absolute atomic E-state index is 0.0241. The fourth-order valence-electron chi connectivity index (χ4n) is 1.55. The van der Waals surface area contributed by atoms with Crippen LogP contribution in [0.4, 0.5) is 5.13 Å². The molecule has 0 aliphatic rings. The number of nitrogens with zero attached hydrogens (tertiary/aromatic N) is 1. The first-order chi connectivity index (χ1) is 9.44. The molecule has 2 rings (SSSR count). The average molecular weight is 352 g/mol. The number of anilines is 1. The van der Waals surface area contributed by atoms with Gasteiger partial charge in [0.25, 0.3) is 10.0 Å². The number of rotatable bonds is 5. The number of thiazole rings is 1. The zero-order valence-electron chi connectivity index (χ0n) is 10.4. The van der Waals surface area contributed by atoms with Crippen LogP contribution in [0.2, 0.25) is 10.0 Å². The van der Waals surface area contributed by atoms with Gasteiger partial charge in [0.1, 0.15) is 4.90 Å². The number of nitrogens with one attached hydrogen (secondary N) is 2. The standard InChI is InChI=1S/C11H11Cl2N3O2S2/c1-14-6-7-4-10(9(13)5-8(7)12)20(17,18)16-11-15-2-3-19-11/h2-5,14H,6H2,1H3,(H,15,16). The van der Waals surface area contributed by atoms with Crippen molar-refractivity contribution >= 4 is 49.7 Å². The Bertz CT molecular complexity index is 703. The van der Waals surface area contributed by atoms with Gasteiger partial charge in [-0.2, -0.15) is 0 Å². The summed E-state index contributed by atoms with van der Waals surface area (Å²) in [5, 5.41) is 5.36. The van der Waals surface area contributed by atoms with Crippen molar-refractivity contribution in [1.82, 2.24) is 10.3 Å². The molecule has 0 radical (unpaired) electrons. The van der Waals surface area contributed by atoms with Crippen molar-refractivity contribution in [1.29, 1.82) is 0 Å². The number of aromatic nitrogens is 1. The van der Waals surface area contributed by atoms with Gasteiger partial charge in [-0.1, -0.05) is 23.2 Å². The molecule has 2 N–H and O–H groups in total. The van der Waals surface area contributed by atoms with Gasteiger partial charge in [0.05, 0.1) is 5.02 Å². The summed E-state index contributed by atoms with van der Waals surface area (Å²) < 4.78 is 27.0. The summed E-state index contributed by atoms with van der Waals surface area (Å²) in [6.07, 6.45) is 1.51. The van der Waals surface area contributed by atoms with E-state index in [1.54, 1.807) is 12.4 Å². The molecule has 0 fully saturated rings. The number of benzene rings is 1. The molecule has 0 saturated carbocycles. The highest BCUT2D eigenvalue weighted by atomic mass is 35.5. The van der Waals surface area contributed by atoms with Gasteiger partial charge in [-0.15, -0.1) is 11.3 Å². The fourth-order valence-corrected chi connectivity index (χ4v) is 4.20. The van der Waals surface area contributed by atoms with Crippen LogP contribution in [0.25, 0.3) is 0 Å². The fraction of sp³-hybridized carbons (Fsp3) is 0.182. The molecule has 1 heterocycles. The van der Waals surface area contributed by atoms with E-state index in [0.717, 1.165) is 0 Å². The zero-order chi connectivity index (χ0) is 14.8. The molecule has 108 valence electrons. The molecule has 0 amide bonds. The predicted octanol–water partition coefficient (Wildman–Crippen LogP) is 2.97. The van der Waals surface area contributed by atoms with Crippen molar-refractivity contribution in [3.63, 3.8) is 0 Å². The molecule has 0 atom stereocenters. The maximum Gasteiger partial charge on any atom is 0.265 e. The number of hydrogen-bond acceptors (Lipinski definition) is 5. The molecule has 0 bridgehead atoms. The molecule has 5 nitrogen and oxygen atoms in total.